The van der Waals surface area contributed by atoms with E-state index in [2.05, 4.69) is 25.4 Å². The Balaban J connectivity index is 1.38. The van der Waals surface area contributed by atoms with Gasteiger partial charge in [0.2, 0.25) is 11.2 Å². The topological polar surface area (TPSA) is 207 Å². The van der Waals surface area contributed by atoms with Crippen LogP contribution in [0.2, 0.25) is 5.28 Å². The van der Waals surface area contributed by atoms with Gasteiger partial charge in [0.05, 0.1) is 18.8 Å². The van der Waals surface area contributed by atoms with Gasteiger partial charge >= 0.3 is 19.5 Å². The highest BCUT2D eigenvalue weighted by Crippen LogP contribution is 2.44. The van der Waals surface area contributed by atoms with E-state index in [1.54, 1.807) is 32.0 Å². The number of para-hydroxylation sites is 1. The predicted octanol–water partition coefficient (Wildman–Crippen LogP) is 3.45. The van der Waals surface area contributed by atoms with Gasteiger partial charge in [0.15, 0.2) is 29.3 Å². The van der Waals surface area contributed by atoms with Crippen LogP contribution in [0.25, 0.3) is 11.2 Å². The zero-order valence-corrected chi connectivity index (χ0v) is 29.2. The molecule has 1 saturated carbocycles. The van der Waals surface area contributed by atoms with Crippen LogP contribution in [0.1, 0.15) is 52.7 Å². The van der Waals surface area contributed by atoms with Gasteiger partial charge < -0.3 is 34.4 Å². The minimum atomic E-state index is -4.11. The Bertz CT molecular complexity index is 1710. The number of benzene rings is 1. The number of esters is 1. The first-order valence-electron chi connectivity index (χ1n) is 16.0. The summed E-state index contributed by atoms with van der Waals surface area (Å²) in [6.07, 6.45) is 0.0279. The maximum absolute atomic E-state index is 13.9. The highest BCUT2D eigenvalue weighted by Gasteiger charge is 2.49. The van der Waals surface area contributed by atoms with Crippen molar-refractivity contribution in [2.45, 2.75) is 83.1 Å². The lowest BCUT2D eigenvalue weighted by molar-refractivity contribution is -0.160. The van der Waals surface area contributed by atoms with Crippen molar-refractivity contribution in [2.75, 3.05) is 25.1 Å². The number of amides is 1. The molecule has 1 amide bonds. The van der Waals surface area contributed by atoms with E-state index >= 15 is 0 Å². The first-order chi connectivity index (χ1) is 23.2. The van der Waals surface area contributed by atoms with Crippen molar-refractivity contribution in [3.8, 4) is 5.75 Å². The molecule has 1 unspecified atom stereocenters. The number of anilines is 1. The molecule has 18 heteroatoms. The summed E-state index contributed by atoms with van der Waals surface area (Å²) in [5.74, 6) is -2.47. The lowest BCUT2D eigenvalue weighted by Gasteiger charge is -2.28. The highest BCUT2D eigenvalue weighted by atomic mass is 35.5. The van der Waals surface area contributed by atoms with Crippen LogP contribution >= 0.6 is 19.1 Å². The first-order valence-corrected chi connectivity index (χ1v) is 18.2. The quantitative estimate of drug-likeness (QED) is 0.107. The Morgan fingerprint density at radius 1 is 1.16 bits per heavy atom. The van der Waals surface area contributed by atoms with Crippen LogP contribution in [0.4, 0.5) is 5.82 Å². The van der Waals surface area contributed by atoms with Gasteiger partial charge in [0.25, 0.3) is 0 Å². The fourth-order valence-corrected chi connectivity index (χ4v) is 7.86. The predicted molar refractivity (Wildman–Crippen MR) is 178 cm³/mol. The maximum atomic E-state index is 13.9. The highest BCUT2D eigenvalue weighted by molar-refractivity contribution is 7.58. The number of hydrogen-bond acceptors (Lipinski definition) is 12. The molecule has 0 spiro atoms. The summed E-state index contributed by atoms with van der Waals surface area (Å²) in [7, 11) is -2.69. The third kappa shape index (κ3) is 8.68. The number of carboxylic acid groups (broad SMARTS) is 1. The number of aliphatic hydroxyl groups excluding tert-OH is 1. The number of rotatable bonds is 14. The van der Waals surface area contributed by atoms with Crippen LogP contribution in [0.5, 0.6) is 5.75 Å². The number of carbonyl (C=O) groups excluding carboxylic acids is 2. The minimum Gasteiger partial charge on any atom is -0.480 e. The Morgan fingerprint density at radius 3 is 2.51 bits per heavy atom. The fourth-order valence-electron chi connectivity index (χ4n) is 5.73. The summed E-state index contributed by atoms with van der Waals surface area (Å²) in [6.45, 7) is 4.36. The molecule has 3 heterocycles. The van der Waals surface area contributed by atoms with Crippen LogP contribution in [0.15, 0.2) is 36.7 Å². The van der Waals surface area contributed by atoms with Crippen LogP contribution in [-0.2, 0) is 28.4 Å². The number of nitrogens with one attached hydrogen (secondary N) is 2. The molecule has 2 aliphatic rings. The Hall–Kier alpha value is -3.82. The molecule has 266 valence electrons. The van der Waals surface area contributed by atoms with Crippen LogP contribution in [0, 0.1) is 5.92 Å². The van der Waals surface area contributed by atoms with Crippen molar-refractivity contribution in [3.05, 3.63) is 41.9 Å². The van der Waals surface area contributed by atoms with Gasteiger partial charge in [-0.25, -0.2) is 10.1 Å². The van der Waals surface area contributed by atoms with Crippen molar-refractivity contribution in [1.82, 2.24) is 29.5 Å². The number of halogens is 1. The number of carbonyl (C=O) groups is 3. The smallest absolute Gasteiger partial charge is 0.326 e. The molecule has 16 nitrogen and oxygen atoms in total. The number of aromatic nitrogens is 4. The fraction of sp³-hybridized carbons (Fsp3) is 0.548. The molecule has 3 aromatic rings. The van der Waals surface area contributed by atoms with E-state index in [1.807, 2.05) is 0 Å². The molecule has 1 aromatic carbocycles. The van der Waals surface area contributed by atoms with E-state index in [0.29, 0.717) is 11.3 Å². The zero-order valence-electron chi connectivity index (χ0n) is 27.6. The third-order valence-corrected chi connectivity index (χ3v) is 10.5. The molecule has 5 rings (SSSR count). The van der Waals surface area contributed by atoms with Crippen molar-refractivity contribution >= 4 is 53.9 Å². The second kappa shape index (κ2) is 15.4. The Kier molecular flexibility index (Phi) is 11.4. The lowest BCUT2D eigenvalue weighted by Crippen LogP contribution is -2.45. The number of aliphatic carboxylic acids is 1. The summed E-state index contributed by atoms with van der Waals surface area (Å²) in [6, 6.07) is 6.97. The molecular formula is C31H41ClN7O9P. The van der Waals surface area contributed by atoms with Gasteiger partial charge in [-0.05, 0) is 43.5 Å². The number of imidazole rings is 1. The van der Waals surface area contributed by atoms with Crippen LogP contribution in [-0.4, -0.2) is 103 Å². The largest absolute Gasteiger partial charge is 0.480 e. The molecule has 0 bridgehead atoms. The summed E-state index contributed by atoms with van der Waals surface area (Å²) >= 11 is 6.31. The number of aliphatic hydroxyl groups is 1. The number of likely N-dealkylation sites (N-methyl/N-ethyl adjacent to an activating group) is 1. The summed E-state index contributed by atoms with van der Waals surface area (Å²) in [5.41, 5.74) is 0.692. The van der Waals surface area contributed by atoms with E-state index in [1.165, 1.54) is 41.9 Å². The normalized spacial score (nSPS) is 22.9. The SMILES string of the molecule is CC(C)C(=O)O[C@H]1[C@@H](O)[C@H](n2cnc3c(NC4CCCC4)nc(Cl)nc32)O[C@@H]1CN(C)C(=O)CP(=O)(N[C@@H](C)C(=O)O)Oc1ccccc1. The van der Waals surface area contributed by atoms with Crippen molar-refractivity contribution in [3.63, 3.8) is 0 Å². The number of nitrogens with zero attached hydrogens (tertiary/aromatic N) is 5. The van der Waals surface area contributed by atoms with Crippen LogP contribution in [0.3, 0.4) is 0 Å². The molecule has 1 saturated heterocycles. The monoisotopic (exact) mass is 721 g/mol. The Labute approximate surface area is 288 Å². The molecule has 49 heavy (non-hydrogen) atoms. The van der Waals surface area contributed by atoms with E-state index in [0.717, 1.165) is 25.7 Å². The van der Waals surface area contributed by atoms with E-state index < -0.39 is 68.0 Å². The minimum absolute atomic E-state index is 0.0418. The number of hydrogen-bond donors (Lipinski definition) is 4. The van der Waals surface area contributed by atoms with Crippen molar-refractivity contribution in [2.24, 2.45) is 5.92 Å². The van der Waals surface area contributed by atoms with E-state index in [9.17, 15) is 29.2 Å². The third-order valence-electron chi connectivity index (χ3n) is 8.38. The van der Waals surface area contributed by atoms with Crippen molar-refractivity contribution in [1.29, 1.82) is 0 Å². The number of carboxylic acids is 1. The second-order valence-corrected chi connectivity index (χ2v) is 15.0. The van der Waals surface area contributed by atoms with Crippen LogP contribution < -0.4 is 14.9 Å². The summed E-state index contributed by atoms with van der Waals surface area (Å²) in [4.78, 5) is 52.2. The molecule has 2 aromatic heterocycles. The first kappa shape index (κ1) is 36.5. The molecule has 1 aliphatic heterocycles. The molecule has 1 aliphatic carbocycles. The molecule has 2 fully saturated rings. The van der Waals surface area contributed by atoms with Gasteiger partial charge in [-0.15, -0.1) is 0 Å². The standard InChI is InChI=1S/C31H41ClN7O9P/c1-17(2)30(44)47-25-21(14-38(4)22(40)15-49(45,37-18(3)29(42)43)48-20-12-6-5-7-13-20)46-28(24(25)41)39-16-33-23-26(34-19-10-8-9-11-19)35-31(32)36-27(23)39/h5-7,12-13,16-19,21,24-25,28,41H,8-11,14-15H2,1-4H3,(H,37,45)(H,42,43)(H,34,35,36)/t18-,21+,24+,25+,28+,49?/m0/s1. The van der Waals surface area contributed by atoms with Gasteiger partial charge in [0.1, 0.15) is 30.2 Å². The van der Waals surface area contributed by atoms with E-state index in [-0.39, 0.29) is 29.3 Å². The molecule has 4 N–H and O–H groups in total. The summed E-state index contributed by atoms with van der Waals surface area (Å²) < 4.78 is 32.9. The molecular weight excluding hydrogens is 681 g/mol. The zero-order chi connectivity index (χ0) is 35.5. The van der Waals surface area contributed by atoms with Gasteiger partial charge in [-0.1, -0.05) is 44.9 Å². The Morgan fingerprint density at radius 2 is 1.86 bits per heavy atom. The maximum Gasteiger partial charge on any atom is 0.326 e. The van der Waals surface area contributed by atoms with Crippen molar-refractivity contribution < 1.29 is 43.2 Å². The second-order valence-electron chi connectivity index (χ2n) is 12.6. The average molecular weight is 722 g/mol. The van der Waals surface area contributed by atoms with E-state index in [4.69, 9.17) is 25.6 Å². The lowest BCUT2D eigenvalue weighted by atomic mass is 10.1. The average Bonchev–Trinajstić information content (AvgIpc) is 3.77. The molecule has 0 radical (unpaired) electrons. The summed E-state index contributed by atoms with van der Waals surface area (Å²) in [5, 5.41) is 26.8. The number of ether oxygens (including phenoxy) is 2. The van der Waals surface area contributed by atoms with Gasteiger partial charge in [-0.2, -0.15) is 9.97 Å². The van der Waals surface area contributed by atoms with Gasteiger partial charge in [-0.3, -0.25) is 23.5 Å². The number of fused-ring (bicyclic) bond motifs is 1. The van der Waals surface area contributed by atoms with Gasteiger partial charge in [0, 0.05) is 13.1 Å². The molecule has 6 atom stereocenters.